The van der Waals surface area contributed by atoms with E-state index in [4.69, 9.17) is 4.74 Å². The Labute approximate surface area is 138 Å². The first-order valence-electron chi connectivity index (χ1n) is 8.47. The Kier molecular flexibility index (Phi) is 4.48. The molecular weight excluding hydrogens is 290 g/mol. The van der Waals surface area contributed by atoms with Crippen LogP contribution in [0.1, 0.15) is 38.8 Å². The number of piperazine rings is 1. The summed E-state index contributed by atoms with van der Waals surface area (Å²) in [6.45, 7) is 10.2. The van der Waals surface area contributed by atoms with Crippen LogP contribution in [-0.2, 0) is 0 Å². The van der Waals surface area contributed by atoms with Gasteiger partial charge in [0.2, 0.25) is 0 Å². The number of para-hydroxylation sites is 1. The van der Waals surface area contributed by atoms with Crippen LogP contribution in [0.3, 0.4) is 0 Å². The number of carbonyl (C=O) groups excluding carboxylic acids is 1. The number of benzene rings is 1. The second kappa shape index (κ2) is 6.40. The minimum absolute atomic E-state index is 0.0459. The highest BCUT2D eigenvalue weighted by atomic mass is 16.5. The van der Waals surface area contributed by atoms with Crippen molar-refractivity contribution in [3.8, 4) is 5.75 Å². The minimum atomic E-state index is -0.187. The van der Waals surface area contributed by atoms with Crippen LogP contribution in [0.2, 0.25) is 0 Å². The Bertz CT molecular complexity index is 560. The predicted octanol–water partition coefficient (Wildman–Crippen LogP) is 2.64. The fourth-order valence-corrected chi connectivity index (χ4v) is 3.34. The maximum Gasteiger partial charge on any atom is 0.317 e. The van der Waals surface area contributed by atoms with Gasteiger partial charge in [-0.25, -0.2) is 4.79 Å². The average Bonchev–Trinajstić information content (AvgIpc) is 2.53. The second-order valence-corrected chi connectivity index (χ2v) is 7.39. The third kappa shape index (κ3) is 3.78. The van der Waals surface area contributed by atoms with Gasteiger partial charge in [0, 0.05) is 49.7 Å². The van der Waals surface area contributed by atoms with Crippen molar-refractivity contribution in [3.05, 3.63) is 29.8 Å². The maximum absolute atomic E-state index is 12.3. The van der Waals surface area contributed by atoms with Gasteiger partial charge < -0.3 is 15.0 Å². The normalized spacial score (nSPS) is 22.2. The molecule has 0 saturated carbocycles. The Hall–Kier alpha value is -1.75. The monoisotopic (exact) mass is 317 g/mol. The van der Waals surface area contributed by atoms with Gasteiger partial charge in [0.15, 0.2) is 0 Å². The van der Waals surface area contributed by atoms with Crippen LogP contribution in [0.5, 0.6) is 5.75 Å². The van der Waals surface area contributed by atoms with Crippen molar-refractivity contribution in [1.29, 1.82) is 0 Å². The molecule has 2 aliphatic rings. The first kappa shape index (κ1) is 16.1. The van der Waals surface area contributed by atoms with Crippen LogP contribution >= 0.6 is 0 Å². The molecule has 1 N–H and O–H groups in total. The number of nitrogens with zero attached hydrogens (tertiary/aromatic N) is 2. The summed E-state index contributed by atoms with van der Waals surface area (Å²) in [5, 5.41) is 3.05. The van der Waals surface area contributed by atoms with Gasteiger partial charge in [0.1, 0.15) is 5.75 Å². The lowest BCUT2D eigenvalue weighted by molar-refractivity contribution is 0.0837. The van der Waals surface area contributed by atoms with E-state index < -0.39 is 0 Å². The number of hydrogen-bond acceptors (Lipinski definition) is 3. The Morgan fingerprint density at radius 2 is 1.87 bits per heavy atom. The van der Waals surface area contributed by atoms with E-state index in [0.717, 1.165) is 45.0 Å². The van der Waals surface area contributed by atoms with Gasteiger partial charge in [0.05, 0.1) is 6.61 Å². The minimum Gasteiger partial charge on any atom is -0.493 e. The number of nitrogens with one attached hydrogen (secondary N) is 1. The standard InChI is InChI=1S/C18H27N3O2/c1-18(2,3)19-17(22)21-11-9-20(10-12-21)15-8-13-23-16-7-5-4-6-14(15)16/h4-7,15H,8-13H2,1-3H3,(H,19,22). The van der Waals surface area contributed by atoms with Gasteiger partial charge in [0.25, 0.3) is 0 Å². The zero-order valence-electron chi connectivity index (χ0n) is 14.3. The van der Waals surface area contributed by atoms with E-state index in [1.807, 2.05) is 31.7 Å². The van der Waals surface area contributed by atoms with Crippen molar-refractivity contribution in [3.63, 3.8) is 0 Å². The molecule has 1 aromatic carbocycles. The molecule has 1 unspecified atom stereocenters. The summed E-state index contributed by atoms with van der Waals surface area (Å²) in [5.41, 5.74) is 1.10. The van der Waals surface area contributed by atoms with E-state index in [0.29, 0.717) is 6.04 Å². The van der Waals surface area contributed by atoms with E-state index in [9.17, 15) is 4.79 Å². The molecule has 0 spiro atoms. The molecule has 0 radical (unpaired) electrons. The first-order valence-corrected chi connectivity index (χ1v) is 8.47. The molecular formula is C18H27N3O2. The molecule has 2 amide bonds. The summed E-state index contributed by atoms with van der Waals surface area (Å²) < 4.78 is 5.76. The maximum atomic E-state index is 12.3. The van der Waals surface area contributed by atoms with E-state index in [1.54, 1.807) is 0 Å². The number of amides is 2. The molecule has 0 bridgehead atoms. The van der Waals surface area contributed by atoms with E-state index in [2.05, 4.69) is 28.4 Å². The molecule has 5 heteroatoms. The summed E-state index contributed by atoms with van der Waals surface area (Å²) in [5.74, 6) is 1.01. The SMILES string of the molecule is CC(C)(C)NC(=O)N1CCN(C2CCOc3ccccc32)CC1. The fraction of sp³-hybridized carbons (Fsp3) is 0.611. The smallest absolute Gasteiger partial charge is 0.317 e. The quantitative estimate of drug-likeness (QED) is 0.866. The van der Waals surface area contributed by atoms with E-state index >= 15 is 0 Å². The summed E-state index contributed by atoms with van der Waals surface area (Å²) in [6.07, 6.45) is 1.02. The number of carbonyl (C=O) groups is 1. The molecule has 126 valence electrons. The Balaban J connectivity index is 1.61. The largest absolute Gasteiger partial charge is 0.493 e. The molecule has 1 fully saturated rings. The molecule has 0 aliphatic carbocycles. The molecule has 1 aromatic rings. The zero-order chi connectivity index (χ0) is 16.4. The molecule has 5 nitrogen and oxygen atoms in total. The third-order valence-electron chi connectivity index (χ3n) is 4.45. The van der Waals surface area contributed by atoms with Gasteiger partial charge in [-0.05, 0) is 26.8 Å². The average molecular weight is 317 g/mol. The summed E-state index contributed by atoms with van der Waals surface area (Å²) in [6, 6.07) is 8.77. The van der Waals surface area contributed by atoms with Crippen LogP contribution in [0.15, 0.2) is 24.3 Å². The van der Waals surface area contributed by atoms with Crippen molar-refractivity contribution in [1.82, 2.24) is 15.1 Å². The van der Waals surface area contributed by atoms with Crippen LogP contribution in [0, 0.1) is 0 Å². The van der Waals surface area contributed by atoms with Gasteiger partial charge in [-0.1, -0.05) is 18.2 Å². The van der Waals surface area contributed by atoms with Crippen molar-refractivity contribution in [2.75, 3.05) is 32.8 Å². The van der Waals surface area contributed by atoms with Crippen molar-refractivity contribution in [2.45, 2.75) is 38.8 Å². The molecule has 1 atom stereocenters. The highest BCUT2D eigenvalue weighted by molar-refractivity contribution is 5.75. The lowest BCUT2D eigenvalue weighted by Crippen LogP contribution is -2.55. The number of fused-ring (bicyclic) bond motifs is 1. The molecule has 2 aliphatic heterocycles. The highest BCUT2D eigenvalue weighted by Gasteiger charge is 2.31. The fourth-order valence-electron chi connectivity index (χ4n) is 3.34. The van der Waals surface area contributed by atoms with Gasteiger partial charge >= 0.3 is 6.03 Å². The molecule has 3 rings (SSSR count). The van der Waals surface area contributed by atoms with Crippen molar-refractivity contribution < 1.29 is 9.53 Å². The van der Waals surface area contributed by atoms with Crippen LogP contribution in [0.4, 0.5) is 4.79 Å². The number of ether oxygens (including phenoxy) is 1. The Morgan fingerprint density at radius 3 is 2.57 bits per heavy atom. The lowest BCUT2D eigenvalue weighted by atomic mass is 9.98. The first-order chi connectivity index (χ1) is 10.9. The summed E-state index contributed by atoms with van der Waals surface area (Å²) >= 11 is 0. The second-order valence-electron chi connectivity index (χ2n) is 7.39. The topological polar surface area (TPSA) is 44.8 Å². The highest BCUT2D eigenvalue weighted by Crippen LogP contribution is 2.36. The van der Waals surface area contributed by atoms with Gasteiger partial charge in [-0.3, -0.25) is 4.90 Å². The van der Waals surface area contributed by atoms with E-state index in [-0.39, 0.29) is 11.6 Å². The van der Waals surface area contributed by atoms with Gasteiger partial charge in [-0.15, -0.1) is 0 Å². The summed E-state index contributed by atoms with van der Waals surface area (Å²) in [7, 11) is 0. The van der Waals surface area contributed by atoms with Crippen LogP contribution in [-0.4, -0.2) is 54.2 Å². The third-order valence-corrected chi connectivity index (χ3v) is 4.45. The predicted molar refractivity (Wildman–Crippen MR) is 90.7 cm³/mol. The molecule has 0 aromatic heterocycles. The molecule has 23 heavy (non-hydrogen) atoms. The molecule has 2 heterocycles. The van der Waals surface area contributed by atoms with Crippen LogP contribution in [0.25, 0.3) is 0 Å². The van der Waals surface area contributed by atoms with Gasteiger partial charge in [-0.2, -0.15) is 0 Å². The zero-order valence-corrected chi connectivity index (χ0v) is 14.3. The summed E-state index contributed by atoms with van der Waals surface area (Å²) in [4.78, 5) is 16.7. The van der Waals surface area contributed by atoms with Crippen LogP contribution < -0.4 is 10.1 Å². The Morgan fingerprint density at radius 1 is 1.17 bits per heavy atom. The lowest BCUT2D eigenvalue weighted by Gasteiger charge is -2.41. The van der Waals surface area contributed by atoms with Crippen molar-refractivity contribution >= 4 is 6.03 Å². The number of hydrogen-bond donors (Lipinski definition) is 1. The van der Waals surface area contributed by atoms with Crippen molar-refractivity contribution in [2.24, 2.45) is 0 Å². The number of rotatable bonds is 1. The number of urea groups is 1. The molecule has 1 saturated heterocycles. The van der Waals surface area contributed by atoms with E-state index in [1.165, 1.54) is 5.56 Å².